The number of carbonyl (C=O) groups excluding carboxylic acids is 2. The van der Waals surface area contributed by atoms with E-state index in [0.29, 0.717) is 0 Å². The molecule has 89 valence electrons. The van der Waals surface area contributed by atoms with E-state index < -0.39 is 0 Å². The van der Waals surface area contributed by atoms with Gasteiger partial charge in [-0.1, -0.05) is 13.8 Å². The van der Waals surface area contributed by atoms with Crippen LogP contribution in [0.4, 0.5) is 0 Å². The third-order valence-electron chi connectivity index (χ3n) is 0.813. The van der Waals surface area contributed by atoms with Crippen molar-refractivity contribution in [2.45, 2.75) is 27.7 Å². The second kappa shape index (κ2) is 11.0. The second-order valence-electron chi connectivity index (χ2n) is 2.73. The van der Waals surface area contributed by atoms with Gasteiger partial charge in [-0.05, 0) is 26.0 Å². The predicted molar refractivity (Wildman–Crippen MR) is 48.9 cm³/mol. The maximum atomic E-state index is 9.98. The van der Waals surface area contributed by atoms with Gasteiger partial charge in [0, 0.05) is 0 Å². The Labute approximate surface area is 100 Å². The fourth-order valence-electron chi connectivity index (χ4n) is 0.572. The molecule has 0 heterocycles. The zero-order valence-electron chi connectivity index (χ0n) is 9.09. The molecule has 0 aromatic rings. The number of carbonyl (C=O) groups is 2. The predicted octanol–water partition coefficient (Wildman–Crippen LogP) is -0.324. The molecular weight excluding hydrogens is 248 g/mol. The summed E-state index contributed by atoms with van der Waals surface area (Å²) < 4.78 is 0. The van der Waals surface area contributed by atoms with Crippen LogP contribution in [-0.2, 0) is 26.7 Å². The molecule has 0 spiro atoms. The van der Waals surface area contributed by atoms with Gasteiger partial charge in [0.05, 0.1) is 0 Å². The first-order chi connectivity index (χ1) is 6.25. The zero-order chi connectivity index (χ0) is 11.7. The van der Waals surface area contributed by atoms with E-state index in [4.69, 9.17) is 0 Å². The molecule has 0 aliphatic carbocycles. The van der Waals surface area contributed by atoms with Crippen molar-refractivity contribution in [2.75, 3.05) is 0 Å². The molecule has 0 rings (SSSR count). The molecule has 5 heteroatoms. The quantitative estimate of drug-likeness (QED) is 0.388. The van der Waals surface area contributed by atoms with Crippen molar-refractivity contribution in [1.82, 2.24) is 0 Å². The number of ketones is 2. The molecular formula is C10H14CuO4. The van der Waals surface area contributed by atoms with Crippen LogP contribution in [0.5, 0.6) is 0 Å². The molecule has 0 aromatic carbocycles. The monoisotopic (exact) mass is 261 g/mol. The Balaban J connectivity index is -0.000000180. The summed E-state index contributed by atoms with van der Waals surface area (Å²) in [5.41, 5.74) is 0. The third kappa shape index (κ3) is 32.2. The van der Waals surface area contributed by atoms with E-state index in [-0.39, 0.29) is 40.2 Å². The van der Waals surface area contributed by atoms with Gasteiger partial charge in [0.2, 0.25) is 0 Å². The summed E-state index contributed by atoms with van der Waals surface area (Å²) in [6.07, 6.45) is 2.11. The molecule has 0 fully saturated rings. The van der Waals surface area contributed by atoms with Crippen molar-refractivity contribution in [3.8, 4) is 0 Å². The minimum atomic E-state index is -0.187. The fourth-order valence-corrected chi connectivity index (χ4v) is 0.572. The number of hydrogen-bond acceptors (Lipinski definition) is 4. The second-order valence-corrected chi connectivity index (χ2v) is 2.73. The van der Waals surface area contributed by atoms with E-state index in [9.17, 15) is 19.8 Å². The van der Waals surface area contributed by atoms with Gasteiger partial charge in [-0.15, -0.1) is 11.5 Å². The van der Waals surface area contributed by atoms with Gasteiger partial charge in [0.1, 0.15) is 0 Å². The molecule has 0 aliphatic heterocycles. The van der Waals surface area contributed by atoms with Crippen LogP contribution in [0.25, 0.3) is 0 Å². The van der Waals surface area contributed by atoms with E-state index in [1.165, 1.54) is 27.7 Å². The van der Waals surface area contributed by atoms with Gasteiger partial charge in [0.15, 0.2) is 11.6 Å². The van der Waals surface area contributed by atoms with Crippen molar-refractivity contribution >= 4 is 11.6 Å². The normalized spacial score (nSPS) is 10.7. The summed E-state index contributed by atoms with van der Waals surface area (Å²) in [6, 6.07) is 0. The van der Waals surface area contributed by atoms with Gasteiger partial charge in [0.25, 0.3) is 0 Å². The van der Waals surface area contributed by atoms with E-state index in [2.05, 4.69) is 0 Å². The Morgan fingerprint density at radius 2 is 1.00 bits per heavy atom. The van der Waals surface area contributed by atoms with Crippen LogP contribution in [-0.4, -0.2) is 11.6 Å². The van der Waals surface area contributed by atoms with Crippen molar-refractivity contribution in [1.29, 1.82) is 0 Å². The van der Waals surface area contributed by atoms with Crippen LogP contribution in [0.15, 0.2) is 23.7 Å². The fraction of sp³-hybridized carbons (Fsp3) is 0.400. The number of allylic oxidation sites excluding steroid dienone is 4. The van der Waals surface area contributed by atoms with Crippen LogP contribution >= 0.6 is 0 Å². The molecule has 0 saturated heterocycles. The minimum Gasteiger partial charge on any atom is -0.876 e. The summed E-state index contributed by atoms with van der Waals surface area (Å²) in [6.45, 7) is 5.39. The van der Waals surface area contributed by atoms with Crippen molar-refractivity contribution in [3.05, 3.63) is 23.7 Å². The third-order valence-corrected chi connectivity index (χ3v) is 0.813. The summed E-state index contributed by atoms with van der Waals surface area (Å²) in [4.78, 5) is 20.0. The molecule has 0 N–H and O–H groups in total. The Kier molecular flexibility index (Phi) is 14.3. The summed E-state index contributed by atoms with van der Waals surface area (Å²) in [5, 5.41) is 20.0. The average Bonchev–Trinajstić information content (AvgIpc) is 1.79. The first-order valence-corrected chi connectivity index (χ1v) is 3.97. The van der Waals surface area contributed by atoms with E-state index in [1.807, 2.05) is 0 Å². The van der Waals surface area contributed by atoms with Crippen molar-refractivity contribution < 1.29 is 36.9 Å². The molecule has 4 nitrogen and oxygen atoms in total. The maximum absolute atomic E-state index is 9.98. The SMILES string of the molecule is CC(=O)/C=C(\C)[O-].CC(=O)/C=C(\C)[O-].[Cu+2]. The Morgan fingerprint density at radius 1 is 0.800 bits per heavy atom. The molecule has 15 heavy (non-hydrogen) atoms. The molecule has 0 amide bonds. The summed E-state index contributed by atoms with van der Waals surface area (Å²) in [5.74, 6) is -0.750. The van der Waals surface area contributed by atoms with Gasteiger partial charge in [-0.3, -0.25) is 9.59 Å². The zero-order valence-corrected chi connectivity index (χ0v) is 10.0. The van der Waals surface area contributed by atoms with Gasteiger partial charge in [-0.2, -0.15) is 0 Å². The maximum Gasteiger partial charge on any atom is 2.00 e. The molecule has 0 aromatic heterocycles. The Hall–Kier alpha value is -1.06. The van der Waals surface area contributed by atoms with Gasteiger partial charge in [-0.25, -0.2) is 0 Å². The first-order valence-electron chi connectivity index (χ1n) is 3.97. The number of hydrogen-bond donors (Lipinski definition) is 0. The molecule has 1 radical (unpaired) electrons. The van der Waals surface area contributed by atoms with Gasteiger partial charge < -0.3 is 10.2 Å². The number of rotatable bonds is 2. The molecule has 0 bridgehead atoms. The molecule has 0 aliphatic rings. The molecule has 0 atom stereocenters. The largest absolute Gasteiger partial charge is 2.00 e. The topological polar surface area (TPSA) is 80.3 Å². The van der Waals surface area contributed by atoms with Crippen molar-refractivity contribution in [2.24, 2.45) is 0 Å². The van der Waals surface area contributed by atoms with E-state index >= 15 is 0 Å². The van der Waals surface area contributed by atoms with Gasteiger partial charge >= 0.3 is 17.1 Å². The minimum absolute atomic E-state index is 0. The Bertz CT molecular complexity index is 231. The Morgan fingerprint density at radius 3 is 1.00 bits per heavy atom. The smallest absolute Gasteiger partial charge is 0.876 e. The standard InChI is InChI=1S/2C5H8O2.Cu/c2*1-4(6)3-5(2)7;/h2*3,6H,1-2H3;/q;;+2/p-2/b2*4-3+;. The van der Waals surface area contributed by atoms with Crippen LogP contribution in [0.2, 0.25) is 0 Å². The average molecular weight is 262 g/mol. The van der Waals surface area contributed by atoms with Crippen LogP contribution < -0.4 is 10.2 Å². The first kappa shape index (κ1) is 19.5. The van der Waals surface area contributed by atoms with Crippen LogP contribution in [0, 0.1) is 0 Å². The van der Waals surface area contributed by atoms with Crippen LogP contribution in [0.3, 0.4) is 0 Å². The summed E-state index contributed by atoms with van der Waals surface area (Å²) in [7, 11) is 0. The van der Waals surface area contributed by atoms with Crippen LogP contribution in [0.1, 0.15) is 27.7 Å². The molecule has 0 saturated carbocycles. The molecule has 0 unspecified atom stereocenters. The van der Waals surface area contributed by atoms with E-state index in [1.54, 1.807) is 0 Å². The van der Waals surface area contributed by atoms with Crippen molar-refractivity contribution in [3.63, 3.8) is 0 Å². The summed E-state index contributed by atoms with van der Waals surface area (Å²) >= 11 is 0. The van der Waals surface area contributed by atoms with E-state index in [0.717, 1.165) is 12.2 Å².